The summed E-state index contributed by atoms with van der Waals surface area (Å²) in [6.45, 7) is 27.2. The second kappa shape index (κ2) is 13.4. The molecule has 0 saturated carbocycles. The van der Waals surface area contributed by atoms with E-state index >= 15 is 0 Å². The first-order valence-corrected chi connectivity index (χ1v) is 16.9. The van der Waals surface area contributed by atoms with Crippen LogP contribution in [0.25, 0.3) is 0 Å². The van der Waals surface area contributed by atoms with E-state index in [0.29, 0.717) is 0 Å². The van der Waals surface area contributed by atoms with Crippen molar-refractivity contribution in [2.45, 2.75) is 130 Å². The highest BCUT2D eigenvalue weighted by molar-refractivity contribution is 7.43. The summed E-state index contributed by atoms with van der Waals surface area (Å²) in [5.41, 5.74) is 5.32. The van der Waals surface area contributed by atoms with Crippen molar-refractivity contribution >= 4 is 8.60 Å². The first-order chi connectivity index (χ1) is 19.6. The second-order valence-corrected chi connectivity index (χ2v) is 15.2. The van der Waals surface area contributed by atoms with Crippen molar-refractivity contribution in [3.63, 3.8) is 0 Å². The van der Waals surface area contributed by atoms with Gasteiger partial charge in [-0.15, -0.1) is 0 Å². The third-order valence-electron chi connectivity index (χ3n) is 9.83. The number of rotatable bonds is 14. The molecule has 3 nitrogen and oxygen atoms in total. The molecule has 0 radical (unpaired) electrons. The Morgan fingerprint density at radius 1 is 0.452 bits per heavy atom. The molecule has 0 aliphatic carbocycles. The second-order valence-electron chi connectivity index (χ2n) is 14.2. The van der Waals surface area contributed by atoms with Gasteiger partial charge in [-0.1, -0.05) is 119 Å². The molecule has 0 aromatic heterocycles. The molecule has 0 heterocycles. The van der Waals surface area contributed by atoms with Gasteiger partial charge in [0.2, 0.25) is 0 Å². The molecule has 0 spiro atoms. The Kier molecular flexibility index (Phi) is 10.9. The van der Waals surface area contributed by atoms with Crippen LogP contribution in [0.4, 0.5) is 0 Å². The predicted octanol–water partition coefficient (Wildman–Crippen LogP) is 12.2. The van der Waals surface area contributed by atoms with Crippen molar-refractivity contribution in [3.8, 4) is 17.2 Å². The van der Waals surface area contributed by atoms with Gasteiger partial charge in [0.15, 0.2) is 0 Å². The zero-order valence-corrected chi connectivity index (χ0v) is 29.2. The lowest BCUT2D eigenvalue weighted by atomic mass is 9.76. The largest absolute Gasteiger partial charge is 0.530 e. The van der Waals surface area contributed by atoms with E-state index in [4.69, 9.17) is 13.6 Å². The van der Waals surface area contributed by atoms with Gasteiger partial charge in [0.1, 0.15) is 17.2 Å². The van der Waals surface area contributed by atoms with Crippen LogP contribution in [0.3, 0.4) is 0 Å². The minimum atomic E-state index is -1.78. The smallest absolute Gasteiger partial charge is 0.409 e. The standard InChI is InChI=1S/C38H55O3P/c1-13-35(5,6)28-17-22-31(23-18-28)39-42(40-32-24-19-29(20-25-32)36(7,8)14-2)41-34-26-21-30(37(9,10)15-3)27-33(34)38(11,12)16-4/h17-27H,13-16H2,1-12H3. The fourth-order valence-electron chi connectivity index (χ4n) is 4.60. The molecule has 3 rings (SSSR count). The Balaban J connectivity index is 2.01. The molecule has 0 bridgehead atoms. The van der Waals surface area contributed by atoms with Crippen molar-refractivity contribution in [3.05, 3.63) is 89.0 Å². The molecule has 0 aliphatic heterocycles. The van der Waals surface area contributed by atoms with Crippen LogP contribution in [0.2, 0.25) is 0 Å². The first-order valence-electron chi connectivity index (χ1n) is 15.8. The summed E-state index contributed by atoms with van der Waals surface area (Å²) in [5.74, 6) is 2.29. The minimum absolute atomic E-state index is 0.0725. The number of hydrogen-bond donors (Lipinski definition) is 0. The van der Waals surface area contributed by atoms with E-state index in [2.05, 4.69) is 126 Å². The van der Waals surface area contributed by atoms with Crippen molar-refractivity contribution in [2.24, 2.45) is 0 Å². The summed E-state index contributed by atoms with van der Waals surface area (Å²) in [4.78, 5) is 0. The summed E-state index contributed by atoms with van der Waals surface area (Å²) < 4.78 is 19.7. The molecule has 42 heavy (non-hydrogen) atoms. The Bertz CT molecular complexity index is 1230. The molecule has 3 aromatic rings. The first kappa shape index (κ1) is 34.0. The molecule has 0 N–H and O–H groups in total. The van der Waals surface area contributed by atoms with E-state index in [1.807, 2.05) is 24.3 Å². The summed E-state index contributed by atoms with van der Waals surface area (Å²) >= 11 is 0. The molecule has 0 fully saturated rings. The van der Waals surface area contributed by atoms with Gasteiger partial charge in [-0.2, -0.15) is 0 Å². The summed E-state index contributed by atoms with van der Waals surface area (Å²) in [6, 6.07) is 23.4. The van der Waals surface area contributed by atoms with Crippen LogP contribution in [-0.4, -0.2) is 0 Å². The van der Waals surface area contributed by atoms with Gasteiger partial charge in [-0.3, -0.25) is 0 Å². The van der Waals surface area contributed by atoms with E-state index in [0.717, 1.165) is 42.9 Å². The zero-order chi connectivity index (χ0) is 31.3. The fraction of sp³-hybridized carbons (Fsp3) is 0.526. The Morgan fingerprint density at radius 2 is 0.810 bits per heavy atom. The molecular weight excluding hydrogens is 535 g/mol. The van der Waals surface area contributed by atoms with Crippen LogP contribution in [0.1, 0.15) is 131 Å². The Morgan fingerprint density at radius 3 is 1.19 bits per heavy atom. The van der Waals surface area contributed by atoms with E-state index < -0.39 is 8.60 Å². The quantitative estimate of drug-likeness (QED) is 0.175. The molecule has 0 amide bonds. The van der Waals surface area contributed by atoms with Gasteiger partial charge in [0, 0.05) is 5.56 Å². The lowest BCUT2D eigenvalue weighted by molar-refractivity contribution is 0.378. The third kappa shape index (κ3) is 8.10. The monoisotopic (exact) mass is 590 g/mol. The average molecular weight is 591 g/mol. The maximum Gasteiger partial charge on any atom is 0.530 e. The van der Waals surface area contributed by atoms with Crippen LogP contribution in [0.5, 0.6) is 17.2 Å². The molecule has 4 heteroatoms. The average Bonchev–Trinajstić information content (AvgIpc) is 2.97. The highest BCUT2D eigenvalue weighted by Crippen LogP contribution is 2.47. The van der Waals surface area contributed by atoms with Gasteiger partial charge in [0.05, 0.1) is 0 Å². The van der Waals surface area contributed by atoms with Crippen LogP contribution < -0.4 is 13.6 Å². The van der Waals surface area contributed by atoms with Crippen LogP contribution in [0, 0.1) is 0 Å². The molecule has 230 valence electrons. The van der Waals surface area contributed by atoms with Crippen LogP contribution >= 0.6 is 8.60 Å². The number of hydrogen-bond acceptors (Lipinski definition) is 3. The predicted molar refractivity (Wildman–Crippen MR) is 181 cm³/mol. The normalized spacial score (nSPS) is 12.9. The SMILES string of the molecule is CCC(C)(C)c1ccc(OP(Oc2ccc(C(C)(C)CC)cc2)Oc2ccc(C(C)(C)CC)cc2C(C)(C)CC)cc1. The van der Waals surface area contributed by atoms with Crippen molar-refractivity contribution in [1.29, 1.82) is 0 Å². The van der Waals surface area contributed by atoms with Crippen molar-refractivity contribution in [2.75, 3.05) is 0 Å². The van der Waals surface area contributed by atoms with E-state index in [9.17, 15) is 0 Å². The van der Waals surface area contributed by atoms with Gasteiger partial charge < -0.3 is 13.6 Å². The highest BCUT2D eigenvalue weighted by atomic mass is 31.2. The van der Waals surface area contributed by atoms with Crippen LogP contribution in [-0.2, 0) is 21.7 Å². The third-order valence-corrected chi connectivity index (χ3v) is 10.9. The zero-order valence-electron chi connectivity index (χ0n) is 28.4. The topological polar surface area (TPSA) is 27.7 Å². The van der Waals surface area contributed by atoms with E-state index in [-0.39, 0.29) is 21.7 Å². The molecule has 0 aliphatic rings. The molecule has 3 aromatic carbocycles. The van der Waals surface area contributed by atoms with Gasteiger partial charge >= 0.3 is 8.60 Å². The van der Waals surface area contributed by atoms with Gasteiger partial charge in [-0.05, 0) is 94.4 Å². The fourth-order valence-corrected chi connectivity index (χ4v) is 5.62. The lowest BCUT2D eigenvalue weighted by Gasteiger charge is -2.31. The lowest BCUT2D eigenvalue weighted by Crippen LogP contribution is -2.21. The summed E-state index contributed by atoms with van der Waals surface area (Å²) in [6.07, 6.45) is 4.19. The Labute approximate surface area is 258 Å². The highest BCUT2D eigenvalue weighted by Gasteiger charge is 2.30. The Hall–Kier alpha value is -2.51. The molecular formula is C38H55O3P. The van der Waals surface area contributed by atoms with Crippen molar-refractivity contribution in [1.82, 2.24) is 0 Å². The molecule has 0 unspecified atom stereocenters. The molecule has 0 saturated heterocycles. The van der Waals surface area contributed by atoms with E-state index in [1.54, 1.807) is 0 Å². The van der Waals surface area contributed by atoms with E-state index in [1.165, 1.54) is 22.3 Å². The minimum Gasteiger partial charge on any atom is -0.409 e. The maximum atomic E-state index is 6.70. The van der Waals surface area contributed by atoms with Crippen LogP contribution in [0.15, 0.2) is 66.7 Å². The molecule has 0 atom stereocenters. The number of benzene rings is 3. The maximum absolute atomic E-state index is 6.70. The van der Waals surface area contributed by atoms with Gasteiger partial charge in [-0.25, -0.2) is 0 Å². The summed E-state index contributed by atoms with van der Waals surface area (Å²) in [5, 5.41) is 0. The van der Waals surface area contributed by atoms with Crippen molar-refractivity contribution < 1.29 is 13.6 Å². The van der Waals surface area contributed by atoms with Gasteiger partial charge in [0.25, 0.3) is 0 Å². The summed E-state index contributed by atoms with van der Waals surface area (Å²) in [7, 11) is -1.78.